The lowest BCUT2D eigenvalue weighted by Crippen LogP contribution is -2.23. The number of pyridine rings is 1. The molecule has 0 atom stereocenters. The zero-order valence-corrected chi connectivity index (χ0v) is 12.4. The molecule has 1 aromatic rings. The number of carbonyl (C=O) groups excluding carboxylic acids is 1. The van der Waals surface area contributed by atoms with Gasteiger partial charge in [0.15, 0.2) is 0 Å². The third-order valence-corrected chi connectivity index (χ3v) is 4.49. The molecule has 1 aliphatic rings. The van der Waals surface area contributed by atoms with Gasteiger partial charge in [0.1, 0.15) is 5.78 Å². The number of halogens is 1. The minimum atomic E-state index is 0.276. The minimum Gasteiger partial charge on any atom is -0.299 e. The van der Waals surface area contributed by atoms with Crippen LogP contribution in [0.2, 0.25) is 0 Å². The van der Waals surface area contributed by atoms with E-state index >= 15 is 0 Å². The third-order valence-electron chi connectivity index (χ3n) is 4.02. The Bertz CT molecular complexity index is 393. The van der Waals surface area contributed by atoms with Gasteiger partial charge < -0.3 is 0 Å². The predicted octanol–water partition coefficient (Wildman–Crippen LogP) is 4.17. The zero-order chi connectivity index (χ0) is 13.0. The fraction of sp³-hybridized carbons (Fsp3) is 0.600. The summed E-state index contributed by atoms with van der Waals surface area (Å²) < 4.78 is 0.960. The fourth-order valence-electron chi connectivity index (χ4n) is 2.73. The summed E-state index contributed by atoms with van der Waals surface area (Å²) >= 11 is 3.36. The Morgan fingerprint density at radius 1 is 1.33 bits per heavy atom. The Morgan fingerprint density at radius 3 is 2.61 bits per heavy atom. The third kappa shape index (κ3) is 3.64. The van der Waals surface area contributed by atoms with Crippen LogP contribution in [0.15, 0.2) is 22.8 Å². The zero-order valence-electron chi connectivity index (χ0n) is 10.9. The van der Waals surface area contributed by atoms with Crippen LogP contribution >= 0.6 is 15.9 Å². The second-order valence-electron chi connectivity index (χ2n) is 5.24. The molecule has 1 saturated carbocycles. The highest BCUT2D eigenvalue weighted by molar-refractivity contribution is 9.10. The Hall–Kier alpha value is -0.700. The molecule has 1 heterocycles. The normalized spacial score (nSPS) is 23.9. The van der Waals surface area contributed by atoms with Crippen LogP contribution in [0.3, 0.4) is 0 Å². The number of ketones is 1. The van der Waals surface area contributed by atoms with Gasteiger partial charge in [-0.3, -0.25) is 9.78 Å². The van der Waals surface area contributed by atoms with Crippen molar-refractivity contribution in [3.05, 3.63) is 28.5 Å². The smallest absolute Gasteiger partial charge is 0.141 e. The Labute approximate surface area is 117 Å². The van der Waals surface area contributed by atoms with Crippen molar-refractivity contribution in [2.45, 2.75) is 45.4 Å². The van der Waals surface area contributed by atoms with Gasteiger partial charge in [0.25, 0.3) is 0 Å². The predicted molar refractivity (Wildman–Crippen MR) is 76.4 cm³/mol. The molecule has 2 nitrogen and oxygen atoms in total. The molecular formula is C15H20BrNO. The summed E-state index contributed by atoms with van der Waals surface area (Å²) in [5.74, 6) is 1.50. The van der Waals surface area contributed by atoms with Crippen molar-refractivity contribution < 1.29 is 4.79 Å². The molecule has 0 unspecified atom stereocenters. The Kier molecular flexibility index (Phi) is 4.93. The standard InChI is InChI=1S/C15H20BrNO/c1-2-11-3-5-12(6-4-11)15(18)9-14-8-7-13(16)10-17-14/h7-8,10-12H,2-6,9H2,1H3. The number of Topliss-reactive ketones (excluding diaryl/α,β-unsaturated/α-hetero) is 1. The average Bonchev–Trinajstić information content (AvgIpc) is 2.41. The average molecular weight is 310 g/mol. The molecule has 0 aliphatic heterocycles. The van der Waals surface area contributed by atoms with Crippen LogP contribution in [-0.2, 0) is 11.2 Å². The molecule has 2 rings (SSSR count). The van der Waals surface area contributed by atoms with Crippen molar-refractivity contribution in [2.24, 2.45) is 11.8 Å². The number of carbonyl (C=O) groups is 1. The van der Waals surface area contributed by atoms with E-state index in [1.807, 2.05) is 12.1 Å². The van der Waals surface area contributed by atoms with Gasteiger partial charge >= 0.3 is 0 Å². The van der Waals surface area contributed by atoms with E-state index in [0.29, 0.717) is 12.2 Å². The lowest BCUT2D eigenvalue weighted by atomic mass is 9.78. The van der Waals surface area contributed by atoms with Crippen LogP contribution < -0.4 is 0 Å². The van der Waals surface area contributed by atoms with E-state index in [2.05, 4.69) is 27.8 Å². The van der Waals surface area contributed by atoms with Crippen molar-refractivity contribution in [3.63, 3.8) is 0 Å². The first kappa shape index (κ1) is 13.7. The van der Waals surface area contributed by atoms with E-state index in [1.165, 1.54) is 19.3 Å². The van der Waals surface area contributed by atoms with Crippen molar-refractivity contribution in [2.75, 3.05) is 0 Å². The summed E-state index contributed by atoms with van der Waals surface area (Å²) in [6.45, 7) is 2.25. The van der Waals surface area contributed by atoms with E-state index in [1.54, 1.807) is 6.20 Å². The van der Waals surface area contributed by atoms with Crippen molar-refractivity contribution in [1.29, 1.82) is 0 Å². The van der Waals surface area contributed by atoms with Crippen LogP contribution in [0, 0.1) is 11.8 Å². The first-order chi connectivity index (χ1) is 8.69. The summed E-state index contributed by atoms with van der Waals surface area (Å²) in [7, 11) is 0. The molecule has 0 aromatic carbocycles. The van der Waals surface area contributed by atoms with Crippen LogP contribution in [0.25, 0.3) is 0 Å². The van der Waals surface area contributed by atoms with E-state index in [-0.39, 0.29) is 5.92 Å². The monoisotopic (exact) mass is 309 g/mol. The molecular weight excluding hydrogens is 290 g/mol. The van der Waals surface area contributed by atoms with E-state index in [9.17, 15) is 4.79 Å². The van der Waals surface area contributed by atoms with E-state index in [0.717, 1.165) is 28.9 Å². The molecule has 0 spiro atoms. The van der Waals surface area contributed by atoms with E-state index in [4.69, 9.17) is 0 Å². The molecule has 98 valence electrons. The molecule has 3 heteroatoms. The van der Waals surface area contributed by atoms with Gasteiger partial charge in [-0.1, -0.05) is 13.3 Å². The SMILES string of the molecule is CCC1CCC(C(=O)Cc2ccc(Br)cn2)CC1. The lowest BCUT2D eigenvalue weighted by molar-refractivity contribution is -0.123. The van der Waals surface area contributed by atoms with Crippen molar-refractivity contribution >= 4 is 21.7 Å². The number of hydrogen-bond acceptors (Lipinski definition) is 2. The second-order valence-corrected chi connectivity index (χ2v) is 6.15. The quantitative estimate of drug-likeness (QED) is 0.835. The summed E-state index contributed by atoms with van der Waals surface area (Å²) in [6, 6.07) is 3.88. The largest absolute Gasteiger partial charge is 0.299 e. The molecule has 1 fully saturated rings. The molecule has 0 N–H and O–H groups in total. The maximum atomic E-state index is 12.2. The van der Waals surface area contributed by atoms with Gasteiger partial charge in [0, 0.05) is 28.7 Å². The van der Waals surface area contributed by atoms with E-state index < -0.39 is 0 Å². The fourth-order valence-corrected chi connectivity index (χ4v) is 2.96. The summed E-state index contributed by atoms with van der Waals surface area (Å²) in [5.41, 5.74) is 0.890. The second kappa shape index (κ2) is 6.46. The number of hydrogen-bond donors (Lipinski definition) is 0. The Morgan fingerprint density at radius 2 is 2.06 bits per heavy atom. The van der Waals surface area contributed by atoms with Crippen LogP contribution in [0.1, 0.15) is 44.7 Å². The molecule has 0 bridgehead atoms. The number of aromatic nitrogens is 1. The van der Waals surface area contributed by atoms with Gasteiger partial charge in [0.2, 0.25) is 0 Å². The molecule has 1 aliphatic carbocycles. The molecule has 0 radical (unpaired) electrons. The van der Waals surface area contributed by atoms with Gasteiger partial charge in [-0.2, -0.15) is 0 Å². The minimum absolute atomic E-state index is 0.276. The summed E-state index contributed by atoms with van der Waals surface area (Å²) in [6.07, 6.45) is 8.11. The van der Waals surface area contributed by atoms with Crippen molar-refractivity contribution in [1.82, 2.24) is 4.98 Å². The molecule has 1 aromatic heterocycles. The van der Waals surface area contributed by atoms with Crippen LogP contribution in [0.5, 0.6) is 0 Å². The lowest BCUT2D eigenvalue weighted by Gasteiger charge is -2.26. The van der Waals surface area contributed by atoms with Gasteiger partial charge in [0.05, 0.1) is 0 Å². The molecule has 18 heavy (non-hydrogen) atoms. The molecule has 0 saturated heterocycles. The van der Waals surface area contributed by atoms with Gasteiger partial charge in [-0.05, 0) is 59.7 Å². The summed E-state index contributed by atoms with van der Waals surface area (Å²) in [4.78, 5) is 16.5. The highest BCUT2D eigenvalue weighted by Crippen LogP contribution is 2.31. The highest BCUT2D eigenvalue weighted by atomic mass is 79.9. The van der Waals surface area contributed by atoms with Gasteiger partial charge in [-0.15, -0.1) is 0 Å². The number of rotatable bonds is 4. The summed E-state index contributed by atoms with van der Waals surface area (Å²) in [5, 5.41) is 0. The topological polar surface area (TPSA) is 30.0 Å². The maximum absolute atomic E-state index is 12.2. The van der Waals surface area contributed by atoms with Gasteiger partial charge in [-0.25, -0.2) is 0 Å². The number of nitrogens with zero attached hydrogens (tertiary/aromatic N) is 1. The van der Waals surface area contributed by atoms with Crippen LogP contribution in [0.4, 0.5) is 0 Å². The van der Waals surface area contributed by atoms with Crippen molar-refractivity contribution in [3.8, 4) is 0 Å². The van der Waals surface area contributed by atoms with Crippen LogP contribution in [-0.4, -0.2) is 10.8 Å². The first-order valence-corrected chi connectivity index (χ1v) is 7.61. The highest BCUT2D eigenvalue weighted by Gasteiger charge is 2.25. The molecule has 0 amide bonds. The first-order valence-electron chi connectivity index (χ1n) is 6.82. The maximum Gasteiger partial charge on any atom is 0.141 e. The Balaban J connectivity index is 1.87.